The number of hydrogen-bond donors (Lipinski definition) is 3. The average molecular weight is 250 g/mol. The molecular weight excluding hydrogens is 232 g/mol. The Balaban J connectivity index is 2.65. The topological polar surface area (TPSA) is 92.4 Å². The van der Waals surface area contributed by atoms with E-state index in [4.69, 9.17) is 10.8 Å². The second-order valence-corrected chi connectivity index (χ2v) is 4.37. The summed E-state index contributed by atoms with van der Waals surface area (Å²) in [7, 11) is 0. The van der Waals surface area contributed by atoms with Crippen LogP contribution in [0.4, 0.5) is 5.69 Å². The van der Waals surface area contributed by atoms with Crippen LogP contribution in [0.2, 0.25) is 0 Å². The fraction of sp³-hybridized carbons (Fsp3) is 0.385. The lowest BCUT2D eigenvalue weighted by Crippen LogP contribution is -2.17. The van der Waals surface area contributed by atoms with E-state index in [0.717, 1.165) is 11.3 Å². The van der Waals surface area contributed by atoms with Crippen LogP contribution in [0.3, 0.4) is 0 Å². The third-order valence-electron chi connectivity index (χ3n) is 2.70. The summed E-state index contributed by atoms with van der Waals surface area (Å²) in [6.07, 6.45) is 0.679. The molecule has 1 aromatic carbocycles. The molecule has 98 valence electrons. The Hall–Kier alpha value is -2.04. The molecular formula is C13H18N2O3. The van der Waals surface area contributed by atoms with E-state index < -0.39 is 11.9 Å². The Morgan fingerprint density at radius 3 is 2.61 bits per heavy atom. The van der Waals surface area contributed by atoms with E-state index in [1.807, 2.05) is 19.9 Å². The van der Waals surface area contributed by atoms with Crippen molar-refractivity contribution in [3.8, 4) is 0 Å². The number of nitrogens with one attached hydrogen (secondary N) is 1. The standard InChI is InChI=1S/C13H18N2O3/c1-8-7-10(4-5-11(8)13(14)18)15-9(2)3-6-12(16)17/h4-5,7,9,15H,3,6H2,1-2H3,(H2,14,18)(H,16,17). The van der Waals surface area contributed by atoms with Crippen molar-refractivity contribution in [3.05, 3.63) is 29.3 Å². The number of carboxylic acid groups (broad SMARTS) is 1. The van der Waals surface area contributed by atoms with Gasteiger partial charge in [0.2, 0.25) is 5.91 Å². The lowest BCUT2D eigenvalue weighted by atomic mass is 10.1. The van der Waals surface area contributed by atoms with Gasteiger partial charge in [-0.1, -0.05) is 0 Å². The number of nitrogens with two attached hydrogens (primary N) is 1. The number of carbonyl (C=O) groups excluding carboxylic acids is 1. The van der Waals surface area contributed by atoms with Gasteiger partial charge in [0.05, 0.1) is 0 Å². The van der Waals surface area contributed by atoms with Crippen molar-refractivity contribution < 1.29 is 14.7 Å². The highest BCUT2D eigenvalue weighted by molar-refractivity contribution is 5.94. The molecule has 5 heteroatoms. The number of carboxylic acids is 1. The minimum Gasteiger partial charge on any atom is -0.481 e. The first-order valence-corrected chi connectivity index (χ1v) is 5.79. The summed E-state index contributed by atoms with van der Waals surface area (Å²) in [5.74, 6) is -1.25. The quantitative estimate of drug-likeness (QED) is 0.717. The minimum atomic E-state index is -0.802. The van der Waals surface area contributed by atoms with E-state index in [2.05, 4.69) is 5.32 Å². The van der Waals surface area contributed by atoms with Crippen molar-refractivity contribution in [1.29, 1.82) is 0 Å². The molecule has 0 spiro atoms. The van der Waals surface area contributed by atoms with Crippen LogP contribution in [-0.4, -0.2) is 23.0 Å². The van der Waals surface area contributed by atoms with Gasteiger partial charge in [0, 0.05) is 23.7 Å². The minimum absolute atomic E-state index is 0.0555. The smallest absolute Gasteiger partial charge is 0.303 e. The van der Waals surface area contributed by atoms with E-state index in [1.54, 1.807) is 12.1 Å². The van der Waals surface area contributed by atoms with Crippen LogP contribution >= 0.6 is 0 Å². The molecule has 0 saturated carbocycles. The fourth-order valence-corrected chi connectivity index (χ4v) is 1.73. The number of hydrogen-bond acceptors (Lipinski definition) is 3. The Morgan fingerprint density at radius 1 is 1.44 bits per heavy atom. The van der Waals surface area contributed by atoms with Crippen molar-refractivity contribution >= 4 is 17.6 Å². The molecule has 0 aliphatic carbocycles. The number of amides is 1. The van der Waals surface area contributed by atoms with Gasteiger partial charge >= 0.3 is 5.97 Å². The maximum atomic E-state index is 11.1. The molecule has 1 rings (SSSR count). The SMILES string of the molecule is Cc1cc(NC(C)CCC(=O)O)ccc1C(N)=O. The Kier molecular flexibility index (Phi) is 4.71. The van der Waals surface area contributed by atoms with Gasteiger partial charge in [0.1, 0.15) is 0 Å². The van der Waals surface area contributed by atoms with Gasteiger partial charge < -0.3 is 16.2 Å². The van der Waals surface area contributed by atoms with Gasteiger partial charge in [-0.2, -0.15) is 0 Å². The zero-order chi connectivity index (χ0) is 13.7. The Bertz CT molecular complexity index is 458. The molecule has 1 atom stereocenters. The molecule has 1 aromatic rings. The molecule has 0 radical (unpaired) electrons. The fourth-order valence-electron chi connectivity index (χ4n) is 1.73. The first-order chi connectivity index (χ1) is 8.40. The van der Waals surface area contributed by atoms with Crippen LogP contribution < -0.4 is 11.1 Å². The summed E-state index contributed by atoms with van der Waals surface area (Å²) in [4.78, 5) is 21.5. The normalized spacial score (nSPS) is 11.9. The number of carbonyl (C=O) groups is 2. The van der Waals surface area contributed by atoms with E-state index >= 15 is 0 Å². The van der Waals surface area contributed by atoms with Gasteiger partial charge in [-0.25, -0.2) is 0 Å². The van der Waals surface area contributed by atoms with E-state index in [-0.39, 0.29) is 12.5 Å². The van der Waals surface area contributed by atoms with Crippen molar-refractivity contribution in [3.63, 3.8) is 0 Å². The third-order valence-corrected chi connectivity index (χ3v) is 2.70. The summed E-state index contributed by atoms with van der Waals surface area (Å²) in [5.41, 5.74) is 7.38. The van der Waals surface area contributed by atoms with E-state index in [1.165, 1.54) is 0 Å². The van der Waals surface area contributed by atoms with Gasteiger partial charge in [-0.15, -0.1) is 0 Å². The molecule has 5 nitrogen and oxygen atoms in total. The zero-order valence-corrected chi connectivity index (χ0v) is 10.6. The van der Waals surface area contributed by atoms with Crippen LogP contribution in [0.25, 0.3) is 0 Å². The molecule has 0 heterocycles. The number of primary amides is 1. The van der Waals surface area contributed by atoms with Gasteiger partial charge in [0.25, 0.3) is 0 Å². The number of aryl methyl sites for hydroxylation is 1. The molecule has 0 bridgehead atoms. The summed E-state index contributed by atoms with van der Waals surface area (Å²) in [5, 5.41) is 11.8. The van der Waals surface area contributed by atoms with Crippen LogP contribution in [-0.2, 0) is 4.79 Å². The van der Waals surface area contributed by atoms with Crippen molar-refractivity contribution in [2.24, 2.45) is 5.73 Å². The molecule has 1 amide bonds. The molecule has 4 N–H and O–H groups in total. The van der Waals surface area contributed by atoms with Gasteiger partial charge in [-0.3, -0.25) is 9.59 Å². The van der Waals surface area contributed by atoms with Gasteiger partial charge in [-0.05, 0) is 44.0 Å². The lowest BCUT2D eigenvalue weighted by molar-refractivity contribution is -0.137. The van der Waals surface area contributed by atoms with Crippen LogP contribution in [0, 0.1) is 6.92 Å². The predicted octanol–water partition coefficient (Wildman–Crippen LogP) is 1.76. The van der Waals surface area contributed by atoms with E-state index in [9.17, 15) is 9.59 Å². The third kappa shape index (κ3) is 4.08. The molecule has 0 aromatic heterocycles. The van der Waals surface area contributed by atoms with Crippen molar-refractivity contribution in [2.45, 2.75) is 32.7 Å². The number of benzene rings is 1. The van der Waals surface area contributed by atoms with Gasteiger partial charge in [0.15, 0.2) is 0 Å². The number of anilines is 1. The highest BCUT2D eigenvalue weighted by Crippen LogP contribution is 2.16. The van der Waals surface area contributed by atoms with E-state index in [0.29, 0.717) is 12.0 Å². The summed E-state index contributed by atoms with van der Waals surface area (Å²) in [6.45, 7) is 3.73. The molecule has 0 aliphatic heterocycles. The predicted molar refractivity (Wildman–Crippen MR) is 69.7 cm³/mol. The van der Waals surface area contributed by atoms with Crippen molar-refractivity contribution in [1.82, 2.24) is 0 Å². The number of rotatable bonds is 6. The second-order valence-electron chi connectivity index (χ2n) is 4.37. The first kappa shape index (κ1) is 14.0. The molecule has 0 aliphatic rings. The molecule has 0 saturated heterocycles. The van der Waals surface area contributed by atoms with Crippen LogP contribution in [0.15, 0.2) is 18.2 Å². The highest BCUT2D eigenvalue weighted by atomic mass is 16.4. The monoisotopic (exact) mass is 250 g/mol. The molecule has 1 unspecified atom stereocenters. The van der Waals surface area contributed by atoms with Crippen molar-refractivity contribution in [2.75, 3.05) is 5.32 Å². The maximum absolute atomic E-state index is 11.1. The highest BCUT2D eigenvalue weighted by Gasteiger charge is 2.08. The second kappa shape index (κ2) is 6.05. The largest absolute Gasteiger partial charge is 0.481 e. The zero-order valence-electron chi connectivity index (χ0n) is 10.6. The van der Waals surface area contributed by atoms with Crippen LogP contribution in [0.1, 0.15) is 35.7 Å². The average Bonchev–Trinajstić information content (AvgIpc) is 2.26. The summed E-state index contributed by atoms with van der Waals surface area (Å²) in [6, 6.07) is 5.32. The van der Waals surface area contributed by atoms with Crippen LogP contribution in [0.5, 0.6) is 0 Å². The lowest BCUT2D eigenvalue weighted by Gasteiger charge is -2.15. The molecule has 0 fully saturated rings. The number of aliphatic carboxylic acids is 1. The molecule has 18 heavy (non-hydrogen) atoms. The Morgan fingerprint density at radius 2 is 2.11 bits per heavy atom. The summed E-state index contributed by atoms with van der Waals surface area (Å²) < 4.78 is 0. The maximum Gasteiger partial charge on any atom is 0.303 e. The summed E-state index contributed by atoms with van der Waals surface area (Å²) >= 11 is 0. The Labute approximate surface area is 106 Å². The first-order valence-electron chi connectivity index (χ1n) is 5.79.